The van der Waals surface area contributed by atoms with Gasteiger partial charge < -0.3 is 10.1 Å². The van der Waals surface area contributed by atoms with Gasteiger partial charge in [0.25, 0.3) is 5.56 Å². The van der Waals surface area contributed by atoms with E-state index in [-0.39, 0.29) is 23.3 Å². The number of hydrogen-bond acceptors (Lipinski definition) is 4. The van der Waals surface area contributed by atoms with Gasteiger partial charge in [-0.05, 0) is 29.2 Å². The van der Waals surface area contributed by atoms with Gasteiger partial charge in [-0.2, -0.15) is 5.10 Å². The van der Waals surface area contributed by atoms with Crippen LogP contribution in [0.1, 0.15) is 32.0 Å². The number of H-pyrrole nitrogens is 1. The lowest BCUT2D eigenvalue weighted by atomic mass is 9.87. The van der Waals surface area contributed by atoms with Crippen molar-refractivity contribution in [3.63, 3.8) is 0 Å². The number of benzene rings is 2. The zero-order valence-electron chi connectivity index (χ0n) is 15.9. The van der Waals surface area contributed by atoms with Gasteiger partial charge in [-0.15, -0.1) is 0 Å². The predicted molar refractivity (Wildman–Crippen MR) is 106 cm³/mol. The van der Waals surface area contributed by atoms with Crippen molar-refractivity contribution in [2.45, 2.75) is 32.6 Å². The van der Waals surface area contributed by atoms with Crippen molar-refractivity contribution >= 4 is 22.4 Å². The largest absolute Gasteiger partial charge is 0.495 e. The average molecular weight is 365 g/mol. The zero-order valence-corrected chi connectivity index (χ0v) is 15.9. The van der Waals surface area contributed by atoms with Crippen LogP contribution in [0.4, 0.5) is 5.69 Å². The lowest BCUT2D eigenvalue weighted by Crippen LogP contribution is -2.19. The molecule has 3 aromatic rings. The standard InChI is InChI=1S/C21H23N3O3/c1-21(2,3)13-9-10-18(27-4)17(11-13)22-19(25)12-16-14-7-5-6-8-15(14)20(26)24-23-16/h5-11H,12H2,1-4H3,(H,22,25)(H,24,26). The van der Waals surface area contributed by atoms with E-state index in [9.17, 15) is 9.59 Å². The summed E-state index contributed by atoms with van der Waals surface area (Å²) in [5, 5.41) is 10.6. The van der Waals surface area contributed by atoms with Crippen LogP contribution in [-0.4, -0.2) is 23.2 Å². The highest BCUT2D eigenvalue weighted by atomic mass is 16.5. The first-order valence-electron chi connectivity index (χ1n) is 8.74. The summed E-state index contributed by atoms with van der Waals surface area (Å²) in [5.74, 6) is 0.361. The second kappa shape index (κ2) is 7.23. The Balaban J connectivity index is 1.89. The van der Waals surface area contributed by atoms with Crippen LogP contribution in [0.5, 0.6) is 5.75 Å². The van der Waals surface area contributed by atoms with Gasteiger partial charge >= 0.3 is 0 Å². The number of fused-ring (bicyclic) bond motifs is 1. The van der Waals surface area contributed by atoms with Gasteiger partial charge in [-0.25, -0.2) is 5.10 Å². The maximum atomic E-state index is 12.6. The van der Waals surface area contributed by atoms with E-state index in [1.54, 1.807) is 25.3 Å². The lowest BCUT2D eigenvalue weighted by Gasteiger charge is -2.21. The van der Waals surface area contributed by atoms with Gasteiger partial charge in [-0.1, -0.05) is 45.0 Å². The molecule has 0 saturated carbocycles. The zero-order chi connectivity index (χ0) is 19.6. The Morgan fingerprint density at radius 3 is 2.52 bits per heavy atom. The number of ether oxygens (including phenoxy) is 1. The number of amides is 1. The molecule has 0 aliphatic carbocycles. The van der Waals surface area contributed by atoms with Crippen LogP contribution in [0.3, 0.4) is 0 Å². The summed E-state index contributed by atoms with van der Waals surface area (Å²) in [4.78, 5) is 24.5. The second-order valence-corrected chi connectivity index (χ2v) is 7.44. The highest BCUT2D eigenvalue weighted by molar-refractivity contribution is 5.96. The Hall–Kier alpha value is -3.15. The number of carbonyl (C=O) groups is 1. The minimum absolute atomic E-state index is 0.0419. The van der Waals surface area contributed by atoms with Crippen LogP contribution in [-0.2, 0) is 16.6 Å². The van der Waals surface area contributed by atoms with Crippen molar-refractivity contribution in [1.29, 1.82) is 0 Å². The van der Waals surface area contributed by atoms with E-state index in [0.717, 1.165) is 5.56 Å². The third-order valence-corrected chi connectivity index (χ3v) is 4.44. The van der Waals surface area contributed by atoms with Crippen LogP contribution in [0.2, 0.25) is 0 Å². The molecule has 6 nitrogen and oxygen atoms in total. The molecular formula is C21H23N3O3. The fourth-order valence-corrected chi connectivity index (χ4v) is 2.92. The molecule has 140 valence electrons. The topological polar surface area (TPSA) is 84.1 Å². The number of anilines is 1. The average Bonchev–Trinajstić information content (AvgIpc) is 2.63. The molecule has 1 aromatic heterocycles. The first-order chi connectivity index (χ1) is 12.8. The SMILES string of the molecule is COc1ccc(C(C)(C)C)cc1NC(=O)Cc1n[nH]c(=O)c2ccccc12. The molecule has 1 amide bonds. The molecule has 2 N–H and O–H groups in total. The smallest absolute Gasteiger partial charge is 0.272 e. The van der Waals surface area contributed by atoms with Gasteiger partial charge in [0, 0.05) is 5.39 Å². The molecule has 0 aliphatic rings. The predicted octanol–water partition coefficient (Wildman–Crippen LogP) is 3.41. The van der Waals surface area contributed by atoms with Crippen molar-refractivity contribution in [2.24, 2.45) is 0 Å². The third kappa shape index (κ3) is 4.00. The maximum absolute atomic E-state index is 12.6. The van der Waals surface area contributed by atoms with Crippen molar-refractivity contribution in [1.82, 2.24) is 10.2 Å². The lowest BCUT2D eigenvalue weighted by molar-refractivity contribution is -0.115. The molecule has 0 bridgehead atoms. The quantitative estimate of drug-likeness (QED) is 0.742. The molecule has 0 radical (unpaired) electrons. The summed E-state index contributed by atoms with van der Waals surface area (Å²) in [7, 11) is 1.57. The first kappa shape index (κ1) is 18.6. The molecule has 2 aromatic carbocycles. The highest BCUT2D eigenvalue weighted by Crippen LogP contribution is 2.31. The van der Waals surface area contributed by atoms with E-state index < -0.39 is 0 Å². The highest BCUT2D eigenvalue weighted by Gasteiger charge is 2.18. The van der Waals surface area contributed by atoms with Crippen molar-refractivity contribution in [2.75, 3.05) is 12.4 Å². The number of carbonyl (C=O) groups excluding carboxylic acids is 1. The summed E-state index contributed by atoms with van der Waals surface area (Å²) in [6, 6.07) is 12.9. The van der Waals surface area contributed by atoms with Gasteiger partial charge in [0.1, 0.15) is 5.75 Å². The molecule has 1 heterocycles. The molecule has 0 unspecified atom stereocenters. The number of nitrogens with zero attached hydrogens (tertiary/aromatic N) is 1. The first-order valence-corrected chi connectivity index (χ1v) is 8.74. The van der Waals surface area contributed by atoms with E-state index >= 15 is 0 Å². The molecule has 27 heavy (non-hydrogen) atoms. The van der Waals surface area contributed by atoms with Gasteiger partial charge in [-0.3, -0.25) is 9.59 Å². The monoisotopic (exact) mass is 365 g/mol. The van der Waals surface area contributed by atoms with Gasteiger partial charge in [0.2, 0.25) is 5.91 Å². The van der Waals surface area contributed by atoms with Gasteiger partial charge in [0.15, 0.2) is 0 Å². The van der Waals surface area contributed by atoms with Crippen LogP contribution < -0.4 is 15.6 Å². The Kier molecular flexibility index (Phi) is 4.99. The Bertz CT molecular complexity index is 1050. The minimum atomic E-state index is -0.269. The van der Waals surface area contributed by atoms with Crippen LogP contribution in [0, 0.1) is 0 Å². The number of aromatic amines is 1. The molecule has 0 spiro atoms. The minimum Gasteiger partial charge on any atom is -0.495 e. The summed E-state index contributed by atoms with van der Waals surface area (Å²) >= 11 is 0. The van der Waals surface area contributed by atoms with Crippen molar-refractivity contribution < 1.29 is 9.53 Å². The Morgan fingerprint density at radius 1 is 1.15 bits per heavy atom. The number of hydrogen-bond donors (Lipinski definition) is 2. The molecule has 0 fully saturated rings. The normalized spacial score (nSPS) is 11.4. The van der Waals surface area contributed by atoms with Crippen LogP contribution in [0.15, 0.2) is 47.3 Å². The number of rotatable bonds is 4. The number of aromatic nitrogens is 2. The molecule has 0 atom stereocenters. The van der Waals surface area contributed by atoms with E-state index in [0.29, 0.717) is 27.9 Å². The fraction of sp³-hybridized carbons (Fsp3) is 0.286. The van der Waals surface area contributed by atoms with Crippen molar-refractivity contribution in [3.8, 4) is 5.75 Å². The second-order valence-electron chi connectivity index (χ2n) is 7.44. The van der Waals surface area contributed by atoms with E-state index in [4.69, 9.17) is 4.74 Å². The van der Waals surface area contributed by atoms with Crippen LogP contribution >= 0.6 is 0 Å². The maximum Gasteiger partial charge on any atom is 0.272 e. The summed E-state index contributed by atoms with van der Waals surface area (Å²) < 4.78 is 5.37. The Labute approximate surface area is 157 Å². The van der Waals surface area contributed by atoms with E-state index in [1.807, 2.05) is 24.3 Å². The number of methoxy groups -OCH3 is 1. The molecule has 0 saturated heterocycles. The fourth-order valence-electron chi connectivity index (χ4n) is 2.92. The Morgan fingerprint density at radius 2 is 1.85 bits per heavy atom. The number of nitrogens with one attached hydrogen (secondary N) is 2. The van der Waals surface area contributed by atoms with E-state index in [1.165, 1.54) is 0 Å². The third-order valence-electron chi connectivity index (χ3n) is 4.44. The molecular weight excluding hydrogens is 342 g/mol. The molecule has 6 heteroatoms. The van der Waals surface area contributed by atoms with Crippen LogP contribution in [0.25, 0.3) is 10.8 Å². The summed E-state index contributed by atoms with van der Waals surface area (Å²) in [6.07, 6.45) is 0.0419. The van der Waals surface area contributed by atoms with Gasteiger partial charge in [0.05, 0.1) is 30.3 Å². The summed E-state index contributed by atoms with van der Waals surface area (Å²) in [6.45, 7) is 6.32. The molecule has 3 rings (SSSR count). The summed E-state index contributed by atoms with van der Waals surface area (Å²) in [5.41, 5.74) is 1.90. The van der Waals surface area contributed by atoms with E-state index in [2.05, 4.69) is 36.3 Å². The van der Waals surface area contributed by atoms with Crippen molar-refractivity contribution in [3.05, 3.63) is 64.1 Å². The molecule has 0 aliphatic heterocycles.